The lowest BCUT2D eigenvalue weighted by Gasteiger charge is -2.16. The van der Waals surface area contributed by atoms with Crippen molar-refractivity contribution in [2.75, 3.05) is 6.54 Å². The van der Waals surface area contributed by atoms with Crippen LogP contribution in [0.3, 0.4) is 0 Å². The molecule has 0 radical (unpaired) electrons. The van der Waals surface area contributed by atoms with E-state index in [1.807, 2.05) is 6.20 Å². The van der Waals surface area contributed by atoms with Crippen molar-refractivity contribution in [3.63, 3.8) is 0 Å². The number of halogens is 1. The Balaban J connectivity index is 1.88. The zero-order chi connectivity index (χ0) is 13.5. The average molecular weight is 269 g/mol. The number of fused-ring (bicyclic) bond motifs is 3. The summed E-state index contributed by atoms with van der Waals surface area (Å²) in [6, 6.07) is 6.18. The summed E-state index contributed by atoms with van der Waals surface area (Å²) in [5.74, 6) is 0.897. The first kappa shape index (κ1) is 11.5. The molecule has 0 aliphatic carbocycles. The minimum absolute atomic E-state index is 0.265. The normalized spacial score (nSPS) is 14.4. The molecule has 0 bridgehead atoms. The average Bonchev–Trinajstić information content (AvgIpc) is 2.92. The molecule has 3 aromatic rings. The molecule has 1 aliphatic rings. The van der Waals surface area contributed by atoms with Gasteiger partial charge in [-0.3, -0.25) is 0 Å². The summed E-state index contributed by atoms with van der Waals surface area (Å²) in [5, 5.41) is 7.83. The second-order valence-corrected chi connectivity index (χ2v) is 4.81. The van der Waals surface area contributed by atoms with E-state index in [4.69, 9.17) is 0 Å². The van der Waals surface area contributed by atoms with E-state index in [0.717, 1.165) is 36.3 Å². The SMILES string of the molecule is Fc1ccc(-c2nc3ncc4c(n3n2)CCNC4)cc1. The summed E-state index contributed by atoms with van der Waals surface area (Å²) < 4.78 is 14.8. The molecule has 0 atom stereocenters. The van der Waals surface area contributed by atoms with E-state index in [9.17, 15) is 4.39 Å². The maximum atomic E-state index is 13.0. The zero-order valence-corrected chi connectivity index (χ0v) is 10.7. The van der Waals surface area contributed by atoms with Gasteiger partial charge in [0.2, 0.25) is 0 Å². The molecular weight excluding hydrogens is 257 g/mol. The molecule has 0 saturated carbocycles. The second-order valence-electron chi connectivity index (χ2n) is 4.81. The van der Waals surface area contributed by atoms with Gasteiger partial charge in [0.1, 0.15) is 5.82 Å². The number of nitrogens with one attached hydrogen (secondary N) is 1. The van der Waals surface area contributed by atoms with Crippen molar-refractivity contribution in [3.05, 3.63) is 47.5 Å². The number of hydrogen-bond donors (Lipinski definition) is 1. The van der Waals surface area contributed by atoms with Crippen molar-refractivity contribution in [2.45, 2.75) is 13.0 Å². The summed E-state index contributed by atoms with van der Waals surface area (Å²) in [6.45, 7) is 1.74. The Labute approximate surface area is 114 Å². The number of benzene rings is 1. The summed E-state index contributed by atoms with van der Waals surface area (Å²) in [4.78, 5) is 8.75. The topological polar surface area (TPSA) is 55.1 Å². The van der Waals surface area contributed by atoms with Crippen molar-refractivity contribution in [1.29, 1.82) is 0 Å². The minimum Gasteiger partial charge on any atom is -0.312 e. The van der Waals surface area contributed by atoms with Gasteiger partial charge in [0, 0.05) is 36.8 Å². The zero-order valence-electron chi connectivity index (χ0n) is 10.7. The van der Waals surface area contributed by atoms with Gasteiger partial charge in [-0.25, -0.2) is 13.9 Å². The van der Waals surface area contributed by atoms with E-state index in [2.05, 4.69) is 20.4 Å². The van der Waals surface area contributed by atoms with Gasteiger partial charge in [-0.05, 0) is 24.3 Å². The van der Waals surface area contributed by atoms with E-state index in [1.54, 1.807) is 16.6 Å². The maximum Gasteiger partial charge on any atom is 0.252 e. The third kappa shape index (κ3) is 1.77. The molecule has 1 N–H and O–H groups in total. The molecule has 1 aliphatic heterocycles. The monoisotopic (exact) mass is 269 g/mol. The quantitative estimate of drug-likeness (QED) is 0.728. The highest BCUT2D eigenvalue weighted by atomic mass is 19.1. The van der Waals surface area contributed by atoms with Gasteiger partial charge in [0.05, 0.1) is 5.69 Å². The molecule has 6 heteroatoms. The lowest BCUT2D eigenvalue weighted by atomic mass is 10.1. The van der Waals surface area contributed by atoms with Gasteiger partial charge in [-0.2, -0.15) is 4.98 Å². The first-order valence-corrected chi connectivity index (χ1v) is 6.51. The molecular formula is C14H12FN5. The Kier molecular flexibility index (Phi) is 2.50. The van der Waals surface area contributed by atoms with Gasteiger partial charge >= 0.3 is 0 Å². The highest BCUT2D eigenvalue weighted by Crippen LogP contribution is 2.19. The Morgan fingerprint density at radius 2 is 2.05 bits per heavy atom. The van der Waals surface area contributed by atoms with Crippen LogP contribution in [0.15, 0.2) is 30.5 Å². The summed E-state index contributed by atoms with van der Waals surface area (Å²) >= 11 is 0. The van der Waals surface area contributed by atoms with E-state index in [1.165, 1.54) is 12.1 Å². The minimum atomic E-state index is -0.265. The van der Waals surface area contributed by atoms with Crippen molar-refractivity contribution in [2.24, 2.45) is 0 Å². The first-order valence-electron chi connectivity index (χ1n) is 6.51. The standard InChI is InChI=1S/C14H12FN5/c15-11-3-1-9(2-4-11)13-18-14-17-8-10-7-16-6-5-12(10)20(14)19-13/h1-4,8,16H,5-7H2. The molecule has 0 amide bonds. The van der Waals surface area contributed by atoms with Crippen molar-refractivity contribution >= 4 is 5.78 Å². The van der Waals surface area contributed by atoms with Gasteiger partial charge in [0.25, 0.3) is 5.78 Å². The molecule has 4 rings (SSSR count). The van der Waals surface area contributed by atoms with Crippen LogP contribution < -0.4 is 5.32 Å². The molecule has 20 heavy (non-hydrogen) atoms. The fourth-order valence-corrected chi connectivity index (χ4v) is 2.48. The van der Waals surface area contributed by atoms with Crippen LogP contribution in [-0.2, 0) is 13.0 Å². The van der Waals surface area contributed by atoms with E-state index in [-0.39, 0.29) is 5.82 Å². The van der Waals surface area contributed by atoms with E-state index < -0.39 is 0 Å². The number of nitrogens with zero attached hydrogens (tertiary/aromatic N) is 4. The Hall–Kier alpha value is -2.34. The highest BCUT2D eigenvalue weighted by Gasteiger charge is 2.16. The molecule has 2 aromatic heterocycles. The smallest absolute Gasteiger partial charge is 0.252 e. The van der Waals surface area contributed by atoms with Gasteiger partial charge in [-0.15, -0.1) is 5.10 Å². The fourth-order valence-electron chi connectivity index (χ4n) is 2.48. The van der Waals surface area contributed by atoms with Crippen LogP contribution in [0.1, 0.15) is 11.3 Å². The van der Waals surface area contributed by atoms with Crippen LogP contribution in [0.2, 0.25) is 0 Å². The van der Waals surface area contributed by atoms with Crippen LogP contribution in [0.5, 0.6) is 0 Å². The van der Waals surface area contributed by atoms with Crippen LogP contribution in [0.25, 0.3) is 17.2 Å². The first-order chi connectivity index (χ1) is 9.81. The molecule has 0 unspecified atom stereocenters. The lowest BCUT2D eigenvalue weighted by Crippen LogP contribution is -2.26. The third-order valence-corrected chi connectivity index (χ3v) is 3.51. The predicted octanol–water partition coefficient (Wildman–Crippen LogP) is 1.58. The number of hydrogen-bond acceptors (Lipinski definition) is 4. The Bertz CT molecular complexity index is 778. The molecule has 0 fully saturated rings. The molecule has 1 aromatic carbocycles. The largest absolute Gasteiger partial charge is 0.312 e. The van der Waals surface area contributed by atoms with E-state index >= 15 is 0 Å². The number of rotatable bonds is 1. The predicted molar refractivity (Wildman–Crippen MR) is 71.6 cm³/mol. The maximum absolute atomic E-state index is 13.0. The van der Waals surface area contributed by atoms with Crippen LogP contribution in [0, 0.1) is 5.82 Å². The van der Waals surface area contributed by atoms with Gasteiger partial charge in [-0.1, -0.05) is 0 Å². The van der Waals surface area contributed by atoms with Crippen LogP contribution in [-0.4, -0.2) is 26.1 Å². The molecule has 0 saturated heterocycles. The van der Waals surface area contributed by atoms with Crippen molar-refractivity contribution in [1.82, 2.24) is 24.9 Å². The second kappa shape index (κ2) is 4.35. The van der Waals surface area contributed by atoms with Crippen LogP contribution >= 0.6 is 0 Å². The van der Waals surface area contributed by atoms with Crippen LogP contribution in [0.4, 0.5) is 4.39 Å². The Morgan fingerprint density at radius 3 is 2.90 bits per heavy atom. The van der Waals surface area contributed by atoms with E-state index in [0.29, 0.717) is 11.6 Å². The third-order valence-electron chi connectivity index (χ3n) is 3.51. The van der Waals surface area contributed by atoms with Gasteiger partial charge in [0.15, 0.2) is 5.82 Å². The Morgan fingerprint density at radius 1 is 1.20 bits per heavy atom. The summed E-state index contributed by atoms with van der Waals surface area (Å²) in [7, 11) is 0. The molecule has 0 spiro atoms. The van der Waals surface area contributed by atoms with Crippen molar-refractivity contribution in [3.8, 4) is 11.4 Å². The lowest BCUT2D eigenvalue weighted by molar-refractivity contribution is 0.610. The summed E-state index contributed by atoms with van der Waals surface area (Å²) in [6.07, 6.45) is 2.75. The summed E-state index contributed by atoms with van der Waals surface area (Å²) in [5.41, 5.74) is 3.09. The molecule has 5 nitrogen and oxygen atoms in total. The fraction of sp³-hybridized carbons (Fsp3) is 0.214. The molecule has 3 heterocycles. The van der Waals surface area contributed by atoms with Crippen molar-refractivity contribution < 1.29 is 4.39 Å². The number of aromatic nitrogens is 4. The highest BCUT2D eigenvalue weighted by molar-refractivity contribution is 5.57. The van der Waals surface area contributed by atoms with Gasteiger partial charge < -0.3 is 5.32 Å². The molecule has 100 valence electrons.